The van der Waals surface area contributed by atoms with Crippen LogP contribution in [0.5, 0.6) is 0 Å². The number of aryl methyl sites for hydroxylation is 1. The zero-order valence-corrected chi connectivity index (χ0v) is 14.7. The Morgan fingerprint density at radius 1 is 1.48 bits per heavy atom. The molecule has 4 heteroatoms. The molecule has 1 aromatic carbocycles. The molecule has 0 saturated carbocycles. The van der Waals surface area contributed by atoms with Crippen LogP contribution in [-0.4, -0.2) is 4.98 Å². The van der Waals surface area contributed by atoms with Gasteiger partial charge < -0.3 is 0 Å². The van der Waals surface area contributed by atoms with Crippen LogP contribution < -0.4 is 0 Å². The summed E-state index contributed by atoms with van der Waals surface area (Å²) in [4.78, 5) is 6.08. The van der Waals surface area contributed by atoms with Gasteiger partial charge in [0.1, 0.15) is 11.1 Å². The van der Waals surface area contributed by atoms with Gasteiger partial charge in [-0.25, -0.2) is 4.98 Å². The van der Waals surface area contributed by atoms with Gasteiger partial charge in [-0.15, -0.1) is 11.3 Å². The molecule has 106 valence electrons. The molecular formula is C17H15IN2S. The summed E-state index contributed by atoms with van der Waals surface area (Å²) in [7, 11) is 0. The van der Waals surface area contributed by atoms with E-state index in [1.165, 1.54) is 17.0 Å². The average molecular weight is 406 g/mol. The Hall–Kier alpha value is -1.19. The van der Waals surface area contributed by atoms with E-state index in [2.05, 4.69) is 41.7 Å². The van der Waals surface area contributed by atoms with Crippen molar-refractivity contribution in [2.45, 2.75) is 26.2 Å². The van der Waals surface area contributed by atoms with Crippen molar-refractivity contribution in [3.05, 3.63) is 49.0 Å². The highest BCUT2D eigenvalue weighted by atomic mass is 127. The molecule has 0 amide bonds. The lowest BCUT2D eigenvalue weighted by Crippen LogP contribution is -2.09. The Bertz CT molecular complexity index is 739. The third kappa shape index (κ3) is 3.19. The minimum atomic E-state index is 0.672. The fourth-order valence-electron chi connectivity index (χ4n) is 2.54. The van der Waals surface area contributed by atoms with E-state index in [4.69, 9.17) is 4.98 Å². The molecule has 1 aromatic heterocycles. The first-order chi connectivity index (χ1) is 10.2. The summed E-state index contributed by atoms with van der Waals surface area (Å²) in [5, 5.41) is 10.4. The van der Waals surface area contributed by atoms with Crippen molar-refractivity contribution in [2.24, 2.45) is 5.92 Å². The summed E-state index contributed by atoms with van der Waals surface area (Å²) in [6, 6.07) is 10.4. The van der Waals surface area contributed by atoms with Gasteiger partial charge in [0.05, 0.1) is 11.3 Å². The Morgan fingerprint density at radius 2 is 2.29 bits per heavy atom. The number of halogens is 1. The largest absolute Gasteiger partial charge is 0.240 e. The molecule has 0 bridgehead atoms. The quantitative estimate of drug-likeness (QED) is 0.524. The number of allylic oxidation sites excluding steroid dienone is 1. The lowest BCUT2D eigenvalue weighted by molar-refractivity contribution is 0.502. The number of thiazole rings is 1. The Morgan fingerprint density at radius 3 is 3.05 bits per heavy atom. The van der Waals surface area contributed by atoms with Gasteiger partial charge in [0.15, 0.2) is 0 Å². The molecule has 0 saturated heterocycles. The molecule has 1 aliphatic rings. The zero-order chi connectivity index (χ0) is 14.8. The zero-order valence-electron chi connectivity index (χ0n) is 11.8. The van der Waals surface area contributed by atoms with Gasteiger partial charge in [-0.05, 0) is 65.5 Å². The lowest BCUT2D eigenvalue weighted by Gasteiger charge is -2.15. The molecule has 0 N–H and O–H groups in total. The number of rotatable bonds is 2. The topological polar surface area (TPSA) is 36.7 Å². The van der Waals surface area contributed by atoms with Crippen LogP contribution in [0.25, 0.3) is 11.6 Å². The van der Waals surface area contributed by atoms with Crippen LogP contribution in [0.3, 0.4) is 0 Å². The minimum absolute atomic E-state index is 0.672. The van der Waals surface area contributed by atoms with Crippen LogP contribution in [0.1, 0.15) is 34.5 Å². The summed E-state index contributed by atoms with van der Waals surface area (Å²) in [6.45, 7) is 2.29. The molecule has 1 aliphatic carbocycles. The molecular weight excluding hydrogens is 391 g/mol. The number of benzene rings is 1. The third-order valence-electron chi connectivity index (χ3n) is 3.74. The fourth-order valence-corrected chi connectivity index (χ4v) is 4.32. The molecule has 2 aromatic rings. The maximum Gasteiger partial charge on any atom is 0.134 e. The van der Waals surface area contributed by atoms with Crippen LogP contribution >= 0.6 is 33.9 Å². The molecule has 3 rings (SSSR count). The van der Waals surface area contributed by atoms with Gasteiger partial charge in [-0.1, -0.05) is 25.1 Å². The number of fused-ring (bicyclic) bond motifs is 1. The standard InChI is InChI=1S/C17H15IN2S/c1-11-6-7-15-16(8-11)21-17(20-15)13(10-19)9-12-4-2-3-5-14(12)18/h2-5,9,11H,6-8H2,1H3/b13-9+/t11-/m1/s1. The third-order valence-corrected chi connectivity index (χ3v) is 5.88. The van der Waals surface area contributed by atoms with Gasteiger partial charge in [-0.2, -0.15) is 5.26 Å². The van der Waals surface area contributed by atoms with E-state index in [0.29, 0.717) is 5.57 Å². The van der Waals surface area contributed by atoms with Crippen molar-refractivity contribution in [3.8, 4) is 6.07 Å². The summed E-state index contributed by atoms with van der Waals surface area (Å²) >= 11 is 3.99. The van der Waals surface area contributed by atoms with Crippen molar-refractivity contribution in [1.29, 1.82) is 5.26 Å². The number of nitriles is 1. The summed E-state index contributed by atoms with van der Waals surface area (Å²) in [5.74, 6) is 0.732. The van der Waals surface area contributed by atoms with Crippen LogP contribution in [0.15, 0.2) is 24.3 Å². The van der Waals surface area contributed by atoms with E-state index in [1.807, 2.05) is 24.3 Å². The molecule has 0 radical (unpaired) electrons. The summed E-state index contributed by atoms with van der Waals surface area (Å²) < 4.78 is 1.15. The van der Waals surface area contributed by atoms with Crippen molar-refractivity contribution in [2.75, 3.05) is 0 Å². The smallest absolute Gasteiger partial charge is 0.134 e. The van der Waals surface area contributed by atoms with Gasteiger partial charge in [-0.3, -0.25) is 0 Å². The molecule has 0 unspecified atom stereocenters. The van der Waals surface area contributed by atoms with Gasteiger partial charge in [0.25, 0.3) is 0 Å². The first-order valence-electron chi connectivity index (χ1n) is 7.02. The monoisotopic (exact) mass is 406 g/mol. The van der Waals surface area contributed by atoms with Crippen LogP contribution in [0, 0.1) is 20.8 Å². The van der Waals surface area contributed by atoms with Crippen molar-refractivity contribution in [3.63, 3.8) is 0 Å². The Balaban J connectivity index is 1.98. The number of hydrogen-bond acceptors (Lipinski definition) is 3. The Kier molecular flexibility index (Phi) is 4.41. The molecule has 21 heavy (non-hydrogen) atoms. The first-order valence-corrected chi connectivity index (χ1v) is 8.92. The lowest BCUT2D eigenvalue weighted by atomic mass is 9.93. The molecule has 0 spiro atoms. The van der Waals surface area contributed by atoms with Crippen molar-refractivity contribution < 1.29 is 0 Å². The van der Waals surface area contributed by atoms with Crippen LogP contribution in [0.4, 0.5) is 0 Å². The fraction of sp³-hybridized carbons (Fsp3) is 0.294. The predicted octanol–water partition coefficient (Wildman–Crippen LogP) is 4.94. The number of aromatic nitrogens is 1. The second kappa shape index (κ2) is 6.29. The highest BCUT2D eigenvalue weighted by Crippen LogP contribution is 2.33. The molecule has 0 fully saturated rings. The van der Waals surface area contributed by atoms with Crippen LogP contribution in [0.2, 0.25) is 0 Å². The maximum atomic E-state index is 9.49. The molecule has 2 nitrogen and oxygen atoms in total. The molecule has 1 heterocycles. The van der Waals surface area contributed by atoms with Crippen molar-refractivity contribution >= 4 is 45.6 Å². The van der Waals surface area contributed by atoms with Crippen LogP contribution in [-0.2, 0) is 12.8 Å². The van der Waals surface area contributed by atoms with E-state index < -0.39 is 0 Å². The van der Waals surface area contributed by atoms with Gasteiger partial charge >= 0.3 is 0 Å². The van der Waals surface area contributed by atoms with E-state index in [-0.39, 0.29) is 0 Å². The second-order valence-electron chi connectivity index (χ2n) is 5.43. The van der Waals surface area contributed by atoms with E-state index >= 15 is 0 Å². The van der Waals surface area contributed by atoms with Crippen molar-refractivity contribution in [1.82, 2.24) is 4.98 Å². The number of nitrogens with zero attached hydrogens (tertiary/aromatic N) is 2. The summed E-state index contributed by atoms with van der Waals surface area (Å²) in [6.07, 6.45) is 5.32. The normalized spacial score (nSPS) is 18.1. The van der Waals surface area contributed by atoms with Gasteiger partial charge in [0.2, 0.25) is 0 Å². The van der Waals surface area contributed by atoms with E-state index in [0.717, 1.165) is 32.9 Å². The summed E-state index contributed by atoms with van der Waals surface area (Å²) in [5.41, 5.74) is 2.96. The highest BCUT2D eigenvalue weighted by molar-refractivity contribution is 14.1. The predicted molar refractivity (Wildman–Crippen MR) is 95.9 cm³/mol. The Labute approximate surface area is 142 Å². The molecule has 0 aliphatic heterocycles. The second-order valence-corrected chi connectivity index (χ2v) is 7.67. The minimum Gasteiger partial charge on any atom is -0.240 e. The SMILES string of the molecule is C[C@@H]1CCc2nc(/C(C#N)=C/c3ccccc3I)sc2C1. The van der Waals surface area contributed by atoms with E-state index in [9.17, 15) is 5.26 Å². The van der Waals surface area contributed by atoms with Gasteiger partial charge in [0, 0.05) is 8.45 Å². The van der Waals surface area contributed by atoms with E-state index in [1.54, 1.807) is 11.3 Å². The average Bonchev–Trinajstić information content (AvgIpc) is 2.89. The molecule has 1 atom stereocenters. The first kappa shape index (κ1) is 14.7. The maximum absolute atomic E-state index is 9.49. The highest BCUT2D eigenvalue weighted by Gasteiger charge is 2.21. The number of hydrogen-bond donors (Lipinski definition) is 0.